The minimum atomic E-state index is -5.00. The Balaban J connectivity index is 2.24. The first-order valence-corrected chi connectivity index (χ1v) is 15.0. The zero-order valence-electron chi connectivity index (χ0n) is 22.2. The Morgan fingerprint density at radius 2 is 1.32 bits per heavy atom. The smallest absolute Gasteiger partial charge is 0.457 e. The number of aliphatic hydroxyl groups is 6. The molecule has 1 aliphatic rings. The highest BCUT2D eigenvalue weighted by molar-refractivity contribution is 7.47. The van der Waals surface area contributed by atoms with E-state index in [1.54, 1.807) is 0 Å². The lowest BCUT2D eigenvalue weighted by Crippen LogP contribution is -2.64. The summed E-state index contributed by atoms with van der Waals surface area (Å²) in [6.45, 7) is 0.774. The third-order valence-electron chi connectivity index (χ3n) is 6.40. The van der Waals surface area contributed by atoms with Crippen molar-refractivity contribution in [2.75, 3.05) is 13.2 Å². The molecule has 12 nitrogen and oxygen atoms in total. The number of hydrogen-bond donors (Lipinski definition) is 7. The predicted molar refractivity (Wildman–Crippen MR) is 138 cm³/mol. The fourth-order valence-corrected chi connectivity index (χ4v) is 5.01. The van der Waals surface area contributed by atoms with Crippen molar-refractivity contribution >= 4 is 13.8 Å². The lowest BCUT2D eigenvalue weighted by Gasteiger charge is -2.41. The maximum Gasteiger partial charge on any atom is 0.472 e. The summed E-state index contributed by atoms with van der Waals surface area (Å²) in [5.74, 6) is -0.606. The molecule has 1 rings (SSSR count). The van der Waals surface area contributed by atoms with E-state index < -0.39 is 69.7 Å². The second-order valence-corrected chi connectivity index (χ2v) is 11.1. The van der Waals surface area contributed by atoms with Gasteiger partial charge >= 0.3 is 13.8 Å². The summed E-state index contributed by atoms with van der Waals surface area (Å²) >= 11 is 0. The number of carbonyl (C=O) groups excluding carboxylic acids is 1. The normalized spacial score (nSPS) is 28.3. The number of allylic oxidation sites excluding steroid dienone is 2. The average Bonchev–Trinajstić information content (AvgIpc) is 2.89. The van der Waals surface area contributed by atoms with Crippen LogP contribution in [0.15, 0.2) is 12.2 Å². The number of esters is 1. The number of phosphoric acid groups is 1. The van der Waals surface area contributed by atoms with Gasteiger partial charge in [0.2, 0.25) is 0 Å². The van der Waals surface area contributed by atoms with E-state index in [2.05, 4.69) is 23.6 Å². The topological polar surface area (TPSA) is 203 Å². The molecule has 1 aliphatic carbocycles. The summed E-state index contributed by atoms with van der Waals surface area (Å²) in [5.41, 5.74) is 0. The fraction of sp³-hybridized carbons (Fsp3) is 0.880. The van der Waals surface area contributed by atoms with Crippen LogP contribution in [0.25, 0.3) is 0 Å². The van der Waals surface area contributed by atoms with Crippen molar-refractivity contribution in [3.05, 3.63) is 12.2 Å². The average molecular weight is 571 g/mol. The van der Waals surface area contributed by atoms with Gasteiger partial charge in [0.25, 0.3) is 0 Å². The van der Waals surface area contributed by atoms with E-state index in [0.29, 0.717) is 6.42 Å². The van der Waals surface area contributed by atoms with Crippen LogP contribution in [-0.4, -0.2) is 97.4 Å². The second-order valence-electron chi connectivity index (χ2n) is 9.71. The molecule has 0 aliphatic heterocycles. The van der Waals surface area contributed by atoms with E-state index in [9.17, 15) is 44.9 Å². The van der Waals surface area contributed by atoms with E-state index in [4.69, 9.17) is 9.26 Å². The van der Waals surface area contributed by atoms with E-state index in [1.807, 2.05) is 0 Å². The van der Waals surface area contributed by atoms with Crippen molar-refractivity contribution in [3.63, 3.8) is 0 Å². The van der Waals surface area contributed by atoms with Crippen LogP contribution >= 0.6 is 7.82 Å². The molecule has 0 heterocycles. The van der Waals surface area contributed by atoms with E-state index in [0.717, 1.165) is 38.5 Å². The van der Waals surface area contributed by atoms with Crippen molar-refractivity contribution in [2.45, 2.75) is 127 Å². The summed E-state index contributed by atoms with van der Waals surface area (Å²) in [5, 5.41) is 58.2. The number of rotatable bonds is 20. The molecule has 38 heavy (non-hydrogen) atoms. The van der Waals surface area contributed by atoms with Crippen LogP contribution < -0.4 is 0 Å². The molecule has 224 valence electrons. The van der Waals surface area contributed by atoms with Crippen LogP contribution in [0, 0.1) is 0 Å². The quantitative estimate of drug-likeness (QED) is 0.0481. The molecule has 7 N–H and O–H groups in total. The molecule has 0 aromatic rings. The van der Waals surface area contributed by atoms with Crippen LogP contribution in [0.4, 0.5) is 0 Å². The van der Waals surface area contributed by atoms with Crippen molar-refractivity contribution in [1.29, 1.82) is 0 Å². The standard InChI is InChI=1S/C25H47O12P/c1-2-3-4-5-6-7-8-9-10-11-12-13-14-15-19(27)36-18(16-26)17-35-38(33,34)37-25-23(31)21(29)20(28)22(30)24(25)32/h7-8,18,20-26,28-32H,2-6,9-17H2,1H3,(H,33,34)/b8-7-/t18-,20?,21-,22+,23-,24-,25?/m1/s1. The lowest BCUT2D eigenvalue weighted by molar-refractivity contribution is -0.220. The molecule has 0 amide bonds. The molecule has 1 saturated carbocycles. The Morgan fingerprint density at radius 3 is 1.87 bits per heavy atom. The lowest BCUT2D eigenvalue weighted by atomic mass is 9.85. The van der Waals surface area contributed by atoms with Gasteiger partial charge in [-0.25, -0.2) is 4.57 Å². The molecule has 3 unspecified atom stereocenters. The molecule has 0 saturated heterocycles. The second kappa shape index (κ2) is 19.2. The molecular weight excluding hydrogens is 523 g/mol. The van der Waals surface area contributed by atoms with Crippen molar-refractivity contribution in [2.24, 2.45) is 0 Å². The van der Waals surface area contributed by atoms with Gasteiger partial charge in [-0.05, 0) is 32.1 Å². The monoisotopic (exact) mass is 570 g/mol. The Morgan fingerprint density at radius 1 is 0.816 bits per heavy atom. The molecule has 8 atom stereocenters. The van der Waals surface area contributed by atoms with Crippen LogP contribution in [0.5, 0.6) is 0 Å². The summed E-state index contributed by atoms with van der Waals surface area (Å²) < 4.78 is 26.7. The molecule has 0 spiro atoms. The van der Waals surface area contributed by atoms with Gasteiger partial charge in [0.1, 0.15) is 42.7 Å². The van der Waals surface area contributed by atoms with Crippen molar-refractivity contribution in [1.82, 2.24) is 0 Å². The maximum atomic E-state index is 12.2. The van der Waals surface area contributed by atoms with Gasteiger partial charge in [0.15, 0.2) is 0 Å². The van der Waals surface area contributed by atoms with Gasteiger partial charge in [0, 0.05) is 6.42 Å². The molecule has 0 aromatic carbocycles. The Labute approximate surface area is 224 Å². The zero-order valence-corrected chi connectivity index (χ0v) is 23.1. The summed E-state index contributed by atoms with van der Waals surface area (Å²) in [4.78, 5) is 21.9. The highest BCUT2D eigenvalue weighted by Crippen LogP contribution is 2.47. The fourth-order valence-electron chi connectivity index (χ4n) is 4.04. The molecule has 1 fully saturated rings. The summed E-state index contributed by atoms with van der Waals surface area (Å²) in [6.07, 6.45) is 3.38. The largest absolute Gasteiger partial charge is 0.472 e. The van der Waals surface area contributed by atoms with Crippen molar-refractivity contribution in [3.8, 4) is 0 Å². The van der Waals surface area contributed by atoms with E-state index in [-0.39, 0.29) is 6.42 Å². The van der Waals surface area contributed by atoms with Crippen LogP contribution in [-0.2, 0) is 23.1 Å². The van der Waals surface area contributed by atoms with E-state index >= 15 is 0 Å². The highest BCUT2D eigenvalue weighted by Gasteiger charge is 2.51. The van der Waals surface area contributed by atoms with Gasteiger partial charge in [-0.1, -0.05) is 57.6 Å². The van der Waals surface area contributed by atoms with Crippen molar-refractivity contribution < 1.29 is 58.7 Å². The number of aliphatic hydroxyl groups excluding tert-OH is 6. The number of phosphoric ester groups is 1. The van der Waals surface area contributed by atoms with Crippen LogP contribution in [0.1, 0.15) is 84.0 Å². The number of carbonyl (C=O) groups is 1. The third-order valence-corrected chi connectivity index (χ3v) is 7.38. The number of ether oxygens (including phenoxy) is 1. The van der Waals surface area contributed by atoms with Gasteiger partial charge < -0.3 is 40.3 Å². The first kappa shape index (κ1) is 35.1. The molecule has 0 aromatic heterocycles. The number of hydrogen-bond acceptors (Lipinski definition) is 11. The van der Waals surface area contributed by atoms with Gasteiger partial charge in [-0.15, -0.1) is 0 Å². The first-order valence-electron chi connectivity index (χ1n) is 13.6. The molecule has 0 radical (unpaired) electrons. The maximum absolute atomic E-state index is 12.2. The SMILES string of the molecule is CCCCCC/C=C\CCCCCCCC(=O)O[C@H](CO)COP(=O)(O)OC1[C@H](O)[C@H](O)C(O)[C@H](O)[C@H]1O. The molecular formula is C25H47O12P. The minimum Gasteiger partial charge on any atom is -0.457 e. The van der Waals surface area contributed by atoms with Crippen LogP contribution in [0.2, 0.25) is 0 Å². The number of unbranched alkanes of at least 4 members (excludes halogenated alkanes) is 9. The van der Waals surface area contributed by atoms with Gasteiger partial charge in [-0.2, -0.15) is 0 Å². The zero-order chi connectivity index (χ0) is 28.6. The third kappa shape index (κ3) is 13.4. The minimum absolute atomic E-state index is 0.111. The van der Waals surface area contributed by atoms with Gasteiger partial charge in [0.05, 0.1) is 13.2 Å². The summed E-state index contributed by atoms with van der Waals surface area (Å²) in [7, 11) is -5.00. The Kier molecular flexibility index (Phi) is 17.7. The highest BCUT2D eigenvalue weighted by atomic mass is 31.2. The Bertz CT molecular complexity index is 704. The summed E-state index contributed by atoms with van der Waals surface area (Å²) in [6, 6.07) is 0. The van der Waals surface area contributed by atoms with Crippen LogP contribution in [0.3, 0.4) is 0 Å². The Hall–Kier alpha value is -0.920. The van der Waals surface area contributed by atoms with E-state index in [1.165, 1.54) is 25.7 Å². The molecule has 13 heteroatoms. The van der Waals surface area contributed by atoms with Gasteiger partial charge in [-0.3, -0.25) is 13.8 Å². The first-order chi connectivity index (χ1) is 18.0. The predicted octanol–water partition coefficient (Wildman–Crippen LogP) is 1.47. The molecule has 0 bridgehead atoms.